The van der Waals surface area contributed by atoms with Gasteiger partial charge in [0.25, 0.3) is 0 Å². The Balaban J connectivity index is 1.78. The van der Waals surface area contributed by atoms with Gasteiger partial charge in [-0.25, -0.2) is 14.8 Å². The van der Waals surface area contributed by atoms with E-state index >= 15 is 0 Å². The SMILES string of the molecule is O=C(O)c1cccc(N2CCC[C@]2(O)CNc2ncccn2)c1. The lowest BCUT2D eigenvalue weighted by Gasteiger charge is -2.35. The molecule has 23 heavy (non-hydrogen) atoms. The van der Waals surface area contributed by atoms with Crippen LogP contribution in [-0.2, 0) is 0 Å². The number of carbonyl (C=O) groups is 1. The monoisotopic (exact) mass is 314 g/mol. The number of aromatic nitrogens is 2. The summed E-state index contributed by atoms with van der Waals surface area (Å²) in [5, 5.41) is 23.1. The van der Waals surface area contributed by atoms with Gasteiger partial charge in [-0.3, -0.25) is 0 Å². The number of rotatable bonds is 5. The van der Waals surface area contributed by atoms with Crippen molar-refractivity contribution in [2.45, 2.75) is 18.6 Å². The van der Waals surface area contributed by atoms with Crippen LogP contribution in [0.3, 0.4) is 0 Å². The van der Waals surface area contributed by atoms with E-state index in [1.165, 1.54) is 6.07 Å². The number of aliphatic hydroxyl groups is 1. The summed E-state index contributed by atoms with van der Waals surface area (Å²) in [7, 11) is 0. The fourth-order valence-electron chi connectivity index (χ4n) is 2.83. The maximum atomic E-state index is 11.1. The maximum absolute atomic E-state index is 11.1. The van der Waals surface area contributed by atoms with E-state index in [-0.39, 0.29) is 12.1 Å². The molecule has 0 saturated carbocycles. The topological polar surface area (TPSA) is 98.6 Å². The third-order valence-electron chi connectivity index (χ3n) is 3.96. The van der Waals surface area contributed by atoms with Crippen LogP contribution in [0.2, 0.25) is 0 Å². The Morgan fingerprint density at radius 2 is 2.09 bits per heavy atom. The lowest BCUT2D eigenvalue weighted by Crippen LogP contribution is -2.49. The molecule has 7 heteroatoms. The molecule has 120 valence electrons. The lowest BCUT2D eigenvalue weighted by molar-refractivity contribution is 0.0641. The average molecular weight is 314 g/mol. The molecule has 1 aromatic heterocycles. The van der Waals surface area contributed by atoms with Gasteiger partial charge < -0.3 is 20.4 Å². The van der Waals surface area contributed by atoms with E-state index in [0.717, 1.165) is 6.42 Å². The highest BCUT2D eigenvalue weighted by Gasteiger charge is 2.39. The maximum Gasteiger partial charge on any atom is 0.335 e. The first-order chi connectivity index (χ1) is 11.1. The van der Waals surface area contributed by atoms with Crippen molar-refractivity contribution in [2.75, 3.05) is 23.3 Å². The predicted octanol–water partition coefficient (Wildman–Crippen LogP) is 1.58. The van der Waals surface area contributed by atoms with Gasteiger partial charge in [0.05, 0.1) is 12.1 Å². The molecule has 0 amide bonds. The van der Waals surface area contributed by atoms with Gasteiger partial charge in [0, 0.05) is 24.6 Å². The molecule has 2 aromatic rings. The number of nitrogens with one attached hydrogen (secondary N) is 1. The summed E-state index contributed by atoms with van der Waals surface area (Å²) >= 11 is 0. The summed E-state index contributed by atoms with van der Waals surface area (Å²) < 4.78 is 0. The van der Waals surface area contributed by atoms with Gasteiger partial charge in [-0.2, -0.15) is 0 Å². The average Bonchev–Trinajstić information content (AvgIpc) is 2.96. The second-order valence-electron chi connectivity index (χ2n) is 5.52. The Labute approximate surface area is 133 Å². The minimum absolute atomic E-state index is 0.205. The fourth-order valence-corrected chi connectivity index (χ4v) is 2.83. The summed E-state index contributed by atoms with van der Waals surface area (Å²) in [5.74, 6) is -0.530. The summed E-state index contributed by atoms with van der Waals surface area (Å²) in [6.07, 6.45) is 4.67. The molecule has 1 saturated heterocycles. The van der Waals surface area contributed by atoms with Gasteiger partial charge in [-0.05, 0) is 37.1 Å². The normalized spacial score (nSPS) is 20.5. The summed E-state index contributed by atoms with van der Waals surface area (Å²) in [4.78, 5) is 21.1. The van der Waals surface area contributed by atoms with Gasteiger partial charge >= 0.3 is 5.97 Å². The first kappa shape index (κ1) is 15.2. The molecule has 0 bridgehead atoms. The second kappa shape index (κ2) is 6.21. The number of hydrogen-bond acceptors (Lipinski definition) is 6. The fraction of sp³-hybridized carbons (Fsp3) is 0.312. The molecular formula is C16H18N4O3. The minimum atomic E-state index is -1.10. The first-order valence-electron chi connectivity index (χ1n) is 7.43. The van der Waals surface area contributed by atoms with E-state index in [0.29, 0.717) is 24.6 Å². The largest absolute Gasteiger partial charge is 0.478 e. The highest BCUT2D eigenvalue weighted by atomic mass is 16.4. The van der Waals surface area contributed by atoms with Crippen molar-refractivity contribution in [2.24, 2.45) is 0 Å². The third kappa shape index (κ3) is 3.24. The van der Waals surface area contributed by atoms with E-state index < -0.39 is 11.7 Å². The lowest BCUT2D eigenvalue weighted by atomic mass is 10.1. The van der Waals surface area contributed by atoms with Crippen LogP contribution in [-0.4, -0.2) is 45.0 Å². The van der Waals surface area contributed by atoms with Crippen molar-refractivity contribution in [1.82, 2.24) is 9.97 Å². The standard InChI is InChI=1S/C16H18N4O3/c21-14(22)12-4-1-5-13(10-12)20-9-2-6-16(20,23)11-19-15-17-7-3-8-18-15/h1,3-5,7-8,10,23H,2,6,9,11H2,(H,21,22)(H,17,18,19)/t16-/m0/s1. The van der Waals surface area contributed by atoms with E-state index in [1.807, 2.05) is 11.0 Å². The van der Waals surface area contributed by atoms with Crippen molar-refractivity contribution in [3.63, 3.8) is 0 Å². The van der Waals surface area contributed by atoms with Crippen molar-refractivity contribution in [1.29, 1.82) is 0 Å². The van der Waals surface area contributed by atoms with Crippen LogP contribution in [0.1, 0.15) is 23.2 Å². The molecule has 1 aromatic carbocycles. The Hall–Kier alpha value is -2.67. The molecule has 7 nitrogen and oxygen atoms in total. The van der Waals surface area contributed by atoms with Crippen LogP contribution in [0, 0.1) is 0 Å². The first-order valence-corrected chi connectivity index (χ1v) is 7.43. The van der Waals surface area contributed by atoms with Gasteiger partial charge in [-0.1, -0.05) is 6.07 Å². The van der Waals surface area contributed by atoms with E-state index in [4.69, 9.17) is 5.11 Å². The molecule has 0 radical (unpaired) electrons. The number of carboxylic acids is 1. The van der Waals surface area contributed by atoms with E-state index in [9.17, 15) is 9.90 Å². The molecule has 1 fully saturated rings. The van der Waals surface area contributed by atoms with Crippen LogP contribution in [0.5, 0.6) is 0 Å². The van der Waals surface area contributed by atoms with Crippen molar-refractivity contribution in [3.8, 4) is 0 Å². The van der Waals surface area contributed by atoms with Crippen molar-refractivity contribution in [3.05, 3.63) is 48.3 Å². The summed E-state index contributed by atoms with van der Waals surface area (Å²) in [6, 6.07) is 8.33. The molecule has 0 spiro atoms. The molecule has 0 aliphatic carbocycles. The molecule has 0 unspecified atom stereocenters. The Bertz CT molecular complexity index is 695. The molecule has 2 heterocycles. The van der Waals surface area contributed by atoms with Gasteiger partial charge in [0.1, 0.15) is 0 Å². The van der Waals surface area contributed by atoms with Crippen LogP contribution >= 0.6 is 0 Å². The number of benzene rings is 1. The minimum Gasteiger partial charge on any atom is -0.478 e. The number of carboxylic acid groups (broad SMARTS) is 1. The Morgan fingerprint density at radius 3 is 2.83 bits per heavy atom. The van der Waals surface area contributed by atoms with Gasteiger partial charge in [0.2, 0.25) is 5.95 Å². The van der Waals surface area contributed by atoms with Gasteiger partial charge in [0.15, 0.2) is 5.72 Å². The molecule has 1 atom stereocenters. The predicted molar refractivity (Wildman–Crippen MR) is 85.5 cm³/mol. The van der Waals surface area contributed by atoms with Crippen molar-refractivity contribution < 1.29 is 15.0 Å². The smallest absolute Gasteiger partial charge is 0.335 e. The van der Waals surface area contributed by atoms with Crippen LogP contribution in [0.15, 0.2) is 42.7 Å². The van der Waals surface area contributed by atoms with E-state index in [1.54, 1.807) is 30.6 Å². The Morgan fingerprint density at radius 1 is 1.30 bits per heavy atom. The zero-order chi connectivity index (χ0) is 16.3. The van der Waals surface area contributed by atoms with Crippen LogP contribution in [0.25, 0.3) is 0 Å². The molecule has 1 aliphatic rings. The Kier molecular flexibility index (Phi) is 4.12. The summed E-state index contributed by atoms with van der Waals surface area (Å²) in [6.45, 7) is 0.922. The third-order valence-corrected chi connectivity index (χ3v) is 3.96. The zero-order valence-corrected chi connectivity index (χ0v) is 12.5. The number of nitrogens with zero attached hydrogens (tertiary/aromatic N) is 3. The van der Waals surface area contributed by atoms with Crippen LogP contribution < -0.4 is 10.2 Å². The van der Waals surface area contributed by atoms with E-state index in [2.05, 4.69) is 15.3 Å². The highest BCUT2D eigenvalue weighted by Crippen LogP contribution is 2.32. The van der Waals surface area contributed by atoms with Gasteiger partial charge in [-0.15, -0.1) is 0 Å². The summed E-state index contributed by atoms with van der Waals surface area (Å²) in [5.41, 5.74) is -0.201. The molecular weight excluding hydrogens is 296 g/mol. The quantitative estimate of drug-likeness (QED) is 0.770. The zero-order valence-electron chi connectivity index (χ0n) is 12.5. The second-order valence-corrected chi connectivity index (χ2v) is 5.52. The molecule has 3 N–H and O–H groups in total. The van der Waals surface area contributed by atoms with Crippen LogP contribution in [0.4, 0.5) is 11.6 Å². The highest BCUT2D eigenvalue weighted by molar-refractivity contribution is 5.88. The molecule has 1 aliphatic heterocycles. The molecule has 3 rings (SSSR count). The number of aromatic carboxylic acids is 1. The van der Waals surface area contributed by atoms with Crippen molar-refractivity contribution >= 4 is 17.6 Å². The number of anilines is 2. The number of hydrogen-bond donors (Lipinski definition) is 3.